The standard InChI is InChI=1S/C7H11N3OS/c1-10(2)4-8-7(11)6-3-12-5-9-6/h3,5H,4H2,1-2H3,(H,8,11). The molecule has 0 bridgehead atoms. The lowest BCUT2D eigenvalue weighted by Gasteiger charge is -2.09. The molecule has 12 heavy (non-hydrogen) atoms. The summed E-state index contributed by atoms with van der Waals surface area (Å²) in [4.78, 5) is 17.0. The third kappa shape index (κ3) is 2.60. The number of rotatable bonds is 3. The summed E-state index contributed by atoms with van der Waals surface area (Å²) in [5, 5.41) is 4.44. The van der Waals surface area contributed by atoms with Crippen molar-refractivity contribution in [3.8, 4) is 0 Å². The summed E-state index contributed by atoms with van der Waals surface area (Å²) in [6.45, 7) is 0.538. The molecule has 1 aromatic rings. The number of hydrogen-bond acceptors (Lipinski definition) is 4. The molecule has 1 N–H and O–H groups in total. The number of hydrogen-bond donors (Lipinski definition) is 1. The smallest absolute Gasteiger partial charge is 0.271 e. The summed E-state index contributed by atoms with van der Waals surface area (Å²) < 4.78 is 0. The maximum absolute atomic E-state index is 11.2. The van der Waals surface area contributed by atoms with E-state index in [1.807, 2.05) is 19.0 Å². The van der Waals surface area contributed by atoms with Crippen LogP contribution in [-0.2, 0) is 0 Å². The molecule has 66 valence electrons. The summed E-state index contributed by atoms with van der Waals surface area (Å²) in [7, 11) is 3.78. The second kappa shape index (κ2) is 4.18. The first kappa shape index (κ1) is 9.15. The maximum atomic E-state index is 11.2. The summed E-state index contributed by atoms with van der Waals surface area (Å²) in [5.41, 5.74) is 2.13. The zero-order valence-corrected chi connectivity index (χ0v) is 7.89. The van der Waals surface area contributed by atoms with E-state index in [2.05, 4.69) is 10.3 Å². The zero-order valence-electron chi connectivity index (χ0n) is 7.07. The number of aromatic nitrogens is 1. The van der Waals surface area contributed by atoms with E-state index in [9.17, 15) is 4.79 Å². The van der Waals surface area contributed by atoms with Gasteiger partial charge < -0.3 is 5.32 Å². The van der Waals surface area contributed by atoms with Crippen LogP contribution in [0.5, 0.6) is 0 Å². The summed E-state index contributed by atoms with van der Waals surface area (Å²) in [6.07, 6.45) is 0. The molecule has 0 aromatic carbocycles. The van der Waals surface area contributed by atoms with Crippen molar-refractivity contribution in [3.05, 3.63) is 16.6 Å². The van der Waals surface area contributed by atoms with Crippen molar-refractivity contribution in [3.63, 3.8) is 0 Å². The molecule has 5 heteroatoms. The Morgan fingerprint density at radius 2 is 2.50 bits per heavy atom. The molecule has 4 nitrogen and oxygen atoms in total. The molecule has 1 aromatic heterocycles. The van der Waals surface area contributed by atoms with E-state index in [1.165, 1.54) is 11.3 Å². The fourth-order valence-corrected chi connectivity index (χ4v) is 1.18. The van der Waals surface area contributed by atoms with E-state index in [4.69, 9.17) is 0 Å². The molecule has 1 amide bonds. The lowest BCUT2D eigenvalue weighted by molar-refractivity contribution is 0.0931. The third-order valence-corrected chi connectivity index (χ3v) is 1.81. The molecule has 0 aliphatic carbocycles. The zero-order chi connectivity index (χ0) is 8.97. The summed E-state index contributed by atoms with van der Waals surface area (Å²) in [5.74, 6) is -0.120. The van der Waals surface area contributed by atoms with Crippen molar-refractivity contribution in [1.29, 1.82) is 0 Å². The molecule has 1 heterocycles. The van der Waals surface area contributed by atoms with Crippen molar-refractivity contribution in [2.24, 2.45) is 0 Å². The number of carbonyl (C=O) groups is 1. The monoisotopic (exact) mass is 185 g/mol. The first-order valence-electron chi connectivity index (χ1n) is 3.51. The Bertz CT molecular complexity index is 245. The van der Waals surface area contributed by atoms with Gasteiger partial charge in [0, 0.05) is 5.38 Å². The van der Waals surface area contributed by atoms with Crippen LogP contribution in [0.1, 0.15) is 10.5 Å². The minimum Gasteiger partial charge on any atom is -0.338 e. The average Bonchev–Trinajstić information content (AvgIpc) is 2.51. The highest BCUT2D eigenvalue weighted by Crippen LogP contribution is 1.99. The van der Waals surface area contributed by atoms with E-state index in [-0.39, 0.29) is 5.91 Å². The highest BCUT2D eigenvalue weighted by Gasteiger charge is 2.05. The Hall–Kier alpha value is -0.940. The Labute approximate surface area is 75.2 Å². The molecule has 1 rings (SSSR count). The topological polar surface area (TPSA) is 45.2 Å². The van der Waals surface area contributed by atoms with Gasteiger partial charge in [-0.1, -0.05) is 0 Å². The molecule has 0 fully saturated rings. The van der Waals surface area contributed by atoms with Gasteiger partial charge >= 0.3 is 0 Å². The molecular weight excluding hydrogens is 174 g/mol. The van der Waals surface area contributed by atoms with Gasteiger partial charge in [-0.05, 0) is 14.1 Å². The number of nitrogens with zero attached hydrogens (tertiary/aromatic N) is 2. The number of nitrogens with one attached hydrogen (secondary N) is 1. The number of amides is 1. The van der Waals surface area contributed by atoms with Gasteiger partial charge in [-0.2, -0.15) is 0 Å². The van der Waals surface area contributed by atoms with Gasteiger partial charge in [0.2, 0.25) is 0 Å². The van der Waals surface area contributed by atoms with Crippen LogP contribution >= 0.6 is 11.3 Å². The van der Waals surface area contributed by atoms with Crippen molar-refractivity contribution in [2.75, 3.05) is 20.8 Å². The van der Waals surface area contributed by atoms with Crippen LogP contribution in [0.15, 0.2) is 10.9 Å². The molecule has 0 aliphatic rings. The molecule has 0 saturated carbocycles. The Morgan fingerprint density at radius 1 is 1.75 bits per heavy atom. The molecule has 0 atom stereocenters. The molecule has 0 spiro atoms. The van der Waals surface area contributed by atoms with Crippen molar-refractivity contribution in [2.45, 2.75) is 0 Å². The quantitative estimate of drug-likeness (QED) is 0.693. The summed E-state index contributed by atoms with van der Waals surface area (Å²) >= 11 is 1.42. The van der Waals surface area contributed by atoms with E-state index in [0.717, 1.165) is 0 Å². The second-order valence-electron chi connectivity index (χ2n) is 2.62. The maximum Gasteiger partial charge on any atom is 0.271 e. The minimum atomic E-state index is -0.120. The molecule has 0 saturated heterocycles. The predicted molar refractivity (Wildman–Crippen MR) is 48.1 cm³/mol. The van der Waals surface area contributed by atoms with Crippen molar-refractivity contribution >= 4 is 17.2 Å². The molecule has 0 unspecified atom stereocenters. The highest BCUT2D eigenvalue weighted by molar-refractivity contribution is 7.07. The van der Waals surface area contributed by atoms with E-state index in [1.54, 1.807) is 10.9 Å². The van der Waals surface area contributed by atoms with Gasteiger partial charge in [0.1, 0.15) is 5.69 Å². The Kier molecular flexibility index (Phi) is 3.19. The van der Waals surface area contributed by atoms with Crippen LogP contribution < -0.4 is 5.32 Å². The summed E-state index contributed by atoms with van der Waals surface area (Å²) in [6, 6.07) is 0. The minimum absolute atomic E-state index is 0.120. The molecule has 0 aliphatic heterocycles. The Balaban J connectivity index is 2.40. The van der Waals surface area contributed by atoms with Gasteiger partial charge in [0.15, 0.2) is 0 Å². The number of thiazole rings is 1. The van der Waals surface area contributed by atoms with Crippen LogP contribution in [-0.4, -0.2) is 36.6 Å². The second-order valence-corrected chi connectivity index (χ2v) is 3.34. The fraction of sp³-hybridized carbons (Fsp3) is 0.429. The third-order valence-electron chi connectivity index (χ3n) is 1.22. The van der Waals surface area contributed by atoms with E-state index < -0.39 is 0 Å². The predicted octanol–water partition coefficient (Wildman–Crippen LogP) is 0.392. The van der Waals surface area contributed by atoms with Crippen molar-refractivity contribution < 1.29 is 4.79 Å². The largest absolute Gasteiger partial charge is 0.338 e. The van der Waals surface area contributed by atoms with Gasteiger partial charge in [0.05, 0.1) is 12.2 Å². The molecular formula is C7H11N3OS. The number of carbonyl (C=O) groups excluding carboxylic acids is 1. The van der Waals surface area contributed by atoms with Gasteiger partial charge in [-0.25, -0.2) is 4.98 Å². The van der Waals surface area contributed by atoms with Gasteiger partial charge in [-0.3, -0.25) is 9.69 Å². The lowest BCUT2D eigenvalue weighted by Crippen LogP contribution is -2.33. The van der Waals surface area contributed by atoms with Gasteiger partial charge in [0.25, 0.3) is 5.91 Å². The lowest BCUT2D eigenvalue weighted by atomic mass is 10.5. The fourth-order valence-electron chi connectivity index (χ4n) is 0.645. The van der Waals surface area contributed by atoms with Crippen LogP contribution in [0, 0.1) is 0 Å². The van der Waals surface area contributed by atoms with Crippen molar-refractivity contribution in [1.82, 2.24) is 15.2 Å². The van der Waals surface area contributed by atoms with E-state index >= 15 is 0 Å². The highest BCUT2D eigenvalue weighted by atomic mass is 32.1. The van der Waals surface area contributed by atoms with Gasteiger partial charge in [-0.15, -0.1) is 11.3 Å². The van der Waals surface area contributed by atoms with E-state index in [0.29, 0.717) is 12.4 Å². The normalized spacial score (nSPS) is 10.2. The SMILES string of the molecule is CN(C)CNC(=O)c1cscn1. The van der Waals surface area contributed by atoms with Crippen LogP contribution in [0.4, 0.5) is 0 Å². The average molecular weight is 185 g/mol. The Morgan fingerprint density at radius 3 is 3.00 bits per heavy atom. The first-order chi connectivity index (χ1) is 5.70. The van der Waals surface area contributed by atoms with Crippen LogP contribution in [0.25, 0.3) is 0 Å². The van der Waals surface area contributed by atoms with Crippen LogP contribution in [0.3, 0.4) is 0 Å². The van der Waals surface area contributed by atoms with Crippen LogP contribution in [0.2, 0.25) is 0 Å². The molecule has 0 radical (unpaired) electrons. The first-order valence-corrected chi connectivity index (χ1v) is 4.45.